The Balaban J connectivity index is 1.81. The molecular weight excluding hydrogens is 352 g/mol. The lowest BCUT2D eigenvalue weighted by atomic mass is 9.95. The third kappa shape index (κ3) is 3.98. The maximum atomic E-state index is 9.34. The van der Waals surface area contributed by atoms with Crippen LogP contribution in [-0.2, 0) is 0 Å². The lowest BCUT2D eigenvalue weighted by Gasteiger charge is -2.23. The molecule has 3 aromatic rings. The number of hydrogen-bond acceptors (Lipinski definition) is 6. The Bertz CT molecular complexity index is 908. The molecule has 0 aliphatic carbocycles. The second kappa shape index (κ2) is 7.35. The van der Waals surface area contributed by atoms with Gasteiger partial charge in [-0.1, -0.05) is 42.7 Å². The van der Waals surface area contributed by atoms with Crippen molar-refractivity contribution in [2.24, 2.45) is 5.41 Å². The Morgan fingerprint density at radius 2 is 2.00 bits per heavy atom. The highest BCUT2D eigenvalue weighted by Crippen LogP contribution is 2.30. The number of anilines is 2. The molecule has 0 spiro atoms. The van der Waals surface area contributed by atoms with Crippen LogP contribution in [0.5, 0.6) is 0 Å². The van der Waals surface area contributed by atoms with Crippen molar-refractivity contribution in [3.05, 3.63) is 47.5 Å². The molecule has 0 saturated heterocycles. The number of benzene rings is 2. The Morgan fingerprint density at radius 1 is 1.23 bits per heavy atom. The molecular formula is C19H21ClN4O2. The molecule has 0 aliphatic heterocycles. The van der Waals surface area contributed by atoms with E-state index in [2.05, 4.69) is 15.5 Å². The smallest absolute Gasteiger partial charge is 0.259 e. The molecule has 4 N–H and O–H groups in total. The fourth-order valence-corrected chi connectivity index (χ4v) is 2.55. The number of rotatable bonds is 6. The summed E-state index contributed by atoms with van der Waals surface area (Å²) in [7, 11) is 0. The van der Waals surface area contributed by atoms with E-state index >= 15 is 0 Å². The van der Waals surface area contributed by atoms with E-state index in [0.29, 0.717) is 34.5 Å². The second-order valence-electron chi connectivity index (χ2n) is 6.88. The largest absolute Gasteiger partial charge is 0.397 e. The molecule has 0 radical (unpaired) electrons. The van der Waals surface area contributed by atoms with E-state index in [4.69, 9.17) is 21.9 Å². The average Bonchev–Trinajstić information content (AvgIpc) is 3.11. The third-order valence-electron chi connectivity index (χ3n) is 4.03. The first-order chi connectivity index (χ1) is 12.4. The molecule has 0 atom stereocenters. The van der Waals surface area contributed by atoms with Gasteiger partial charge in [0.25, 0.3) is 5.89 Å². The van der Waals surface area contributed by atoms with Crippen molar-refractivity contribution in [3.8, 4) is 22.8 Å². The first kappa shape index (κ1) is 18.2. The van der Waals surface area contributed by atoms with E-state index < -0.39 is 0 Å². The highest BCUT2D eigenvalue weighted by Gasteiger charge is 2.17. The summed E-state index contributed by atoms with van der Waals surface area (Å²) in [6.07, 6.45) is 0. The van der Waals surface area contributed by atoms with Crippen molar-refractivity contribution in [1.82, 2.24) is 10.1 Å². The maximum Gasteiger partial charge on any atom is 0.259 e. The number of aromatic nitrogens is 2. The summed E-state index contributed by atoms with van der Waals surface area (Å²) in [6.45, 7) is 4.64. The Hall–Kier alpha value is -2.57. The third-order valence-corrected chi connectivity index (χ3v) is 4.36. The van der Waals surface area contributed by atoms with Gasteiger partial charge in [0.1, 0.15) is 0 Å². The average molecular weight is 373 g/mol. The molecule has 3 rings (SSSR count). The molecule has 7 heteroatoms. The van der Waals surface area contributed by atoms with Crippen LogP contribution in [0.1, 0.15) is 13.8 Å². The summed E-state index contributed by atoms with van der Waals surface area (Å²) < 4.78 is 5.33. The van der Waals surface area contributed by atoms with Crippen molar-refractivity contribution in [2.45, 2.75) is 13.8 Å². The zero-order valence-corrected chi connectivity index (χ0v) is 15.4. The minimum Gasteiger partial charge on any atom is -0.397 e. The van der Waals surface area contributed by atoms with Gasteiger partial charge in [-0.3, -0.25) is 0 Å². The van der Waals surface area contributed by atoms with Gasteiger partial charge in [-0.05, 0) is 30.3 Å². The van der Waals surface area contributed by atoms with Crippen LogP contribution in [-0.4, -0.2) is 28.4 Å². The monoisotopic (exact) mass is 372 g/mol. The van der Waals surface area contributed by atoms with Crippen LogP contribution in [0.4, 0.5) is 11.4 Å². The van der Waals surface area contributed by atoms with Crippen molar-refractivity contribution in [1.29, 1.82) is 0 Å². The Kier molecular flexibility index (Phi) is 5.15. The van der Waals surface area contributed by atoms with Crippen LogP contribution in [0.2, 0.25) is 5.02 Å². The normalized spacial score (nSPS) is 11.5. The minimum atomic E-state index is -0.233. The number of nitrogens with one attached hydrogen (secondary N) is 1. The second-order valence-corrected chi connectivity index (χ2v) is 7.29. The predicted molar refractivity (Wildman–Crippen MR) is 104 cm³/mol. The number of nitrogens with two attached hydrogens (primary N) is 1. The predicted octanol–water partition coefficient (Wildman–Crippen LogP) is 4.07. The molecule has 0 unspecified atom stereocenters. The molecule has 0 amide bonds. The molecule has 1 heterocycles. The minimum absolute atomic E-state index is 0.0890. The van der Waals surface area contributed by atoms with Gasteiger partial charge >= 0.3 is 0 Å². The van der Waals surface area contributed by atoms with Crippen LogP contribution in [0.15, 0.2) is 47.0 Å². The number of nitrogen functional groups attached to an aromatic ring is 1. The van der Waals surface area contributed by atoms with E-state index in [-0.39, 0.29) is 12.0 Å². The number of aliphatic hydroxyl groups excluding tert-OH is 1. The fraction of sp³-hybridized carbons (Fsp3) is 0.263. The highest BCUT2D eigenvalue weighted by molar-refractivity contribution is 6.33. The van der Waals surface area contributed by atoms with Gasteiger partial charge < -0.3 is 20.7 Å². The summed E-state index contributed by atoms with van der Waals surface area (Å²) in [5, 5.41) is 17.2. The van der Waals surface area contributed by atoms with Gasteiger partial charge in [0.15, 0.2) is 0 Å². The summed E-state index contributed by atoms with van der Waals surface area (Å²) in [6, 6.07) is 12.8. The topological polar surface area (TPSA) is 97.2 Å². The molecule has 26 heavy (non-hydrogen) atoms. The van der Waals surface area contributed by atoms with E-state index in [1.165, 1.54) is 0 Å². The summed E-state index contributed by atoms with van der Waals surface area (Å²) in [5.41, 5.74) is 8.70. The van der Waals surface area contributed by atoms with Crippen LogP contribution < -0.4 is 11.1 Å². The molecule has 0 saturated carbocycles. The van der Waals surface area contributed by atoms with Gasteiger partial charge in [-0.15, -0.1) is 0 Å². The maximum absolute atomic E-state index is 9.34. The number of aliphatic hydroxyl groups is 1. The van der Waals surface area contributed by atoms with Gasteiger partial charge in [0.2, 0.25) is 5.82 Å². The van der Waals surface area contributed by atoms with Crippen LogP contribution in [0.25, 0.3) is 22.8 Å². The van der Waals surface area contributed by atoms with E-state index in [9.17, 15) is 5.11 Å². The quantitative estimate of drug-likeness (QED) is 0.564. The highest BCUT2D eigenvalue weighted by atomic mass is 35.5. The first-order valence-electron chi connectivity index (χ1n) is 8.23. The zero-order valence-electron chi connectivity index (χ0n) is 14.7. The van der Waals surface area contributed by atoms with Crippen molar-refractivity contribution in [2.75, 3.05) is 24.2 Å². The molecule has 1 aromatic heterocycles. The lowest BCUT2D eigenvalue weighted by Crippen LogP contribution is -2.27. The first-order valence-corrected chi connectivity index (χ1v) is 8.61. The molecule has 136 valence electrons. The molecule has 0 fully saturated rings. The fourth-order valence-electron chi connectivity index (χ4n) is 2.34. The van der Waals surface area contributed by atoms with E-state index in [1.807, 2.05) is 44.2 Å². The summed E-state index contributed by atoms with van der Waals surface area (Å²) >= 11 is 6.17. The Labute approximate surface area is 157 Å². The van der Waals surface area contributed by atoms with Crippen LogP contribution >= 0.6 is 11.6 Å². The number of hydrogen-bond donors (Lipinski definition) is 3. The van der Waals surface area contributed by atoms with Crippen LogP contribution in [0, 0.1) is 5.41 Å². The van der Waals surface area contributed by atoms with Crippen molar-refractivity contribution >= 4 is 23.0 Å². The Morgan fingerprint density at radius 3 is 2.69 bits per heavy atom. The van der Waals surface area contributed by atoms with Crippen LogP contribution in [0.3, 0.4) is 0 Å². The summed E-state index contributed by atoms with van der Waals surface area (Å²) in [5.74, 6) is 0.796. The SMILES string of the molecule is CC(C)(CO)CNc1ccc(-c2noc(-c3ccccc3Cl)n2)cc1N. The zero-order chi connectivity index (χ0) is 18.7. The lowest BCUT2D eigenvalue weighted by molar-refractivity contribution is 0.171. The molecule has 2 aromatic carbocycles. The van der Waals surface area contributed by atoms with Crippen molar-refractivity contribution in [3.63, 3.8) is 0 Å². The van der Waals surface area contributed by atoms with Gasteiger partial charge in [-0.25, -0.2) is 0 Å². The standard InChI is InChI=1S/C19H21ClN4O2/c1-19(2,11-25)10-22-16-8-7-12(9-15(16)21)17-23-18(26-24-17)13-5-3-4-6-14(13)20/h3-9,22,25H,10-11,21H2,1-2H3. The van der Waals surface area contributed by atoms with Crippen molar-refractivity contribution < 1.29 is 9.63 Å². The van der Waals surface area contributed by atoms with E-state index in [1.54, 1.807) is 12.1 Å². The number of halogens is 1. The molecule has 6 nitrogen and oxygen atoms in total. The molecule has 0 bridgehead atoms. The summed E-state index contributed by atoms with van der Waals surface area (Å²) in [4.78, 5) is 4.41. The van der Waals surface area contributed by atoms with E-state index in [0.717, 1.165) is 11.3 Å². The van der Waals surface area contributed by atoms with Gasteiger partial charge in [-0.2, -0.15) is 4.98 Å². The molecule has 0 aliphatic rings. The number of nitrogens with zero attached hydrogens (tertiary/aromatic N) is 2. The van der Waals surface area contributed by atoms with Gasteiger partial charge in [0.05, 0.1) is 22.0 Å². The van der Waals surface area contributed by atoms with Gasteiger partial charge in [0, 0.05) is 24.1 Å².